The Bertz CT molecular complexity index is 822. The van der Waals surface area contributed by atoms with Crippen molar-refractivity contribution < 1.29 is 13.2 Å². The SMILES string of the molecule is O=C(Nc1nccs1)c1ccc(Cl)c(N2CCCCS2(=O)=O)c1. The van der Waals surface area contributed by atoms with Gasteiger partial charge in [0.05, 0.1) is 16.5 Å². The molecule has 2 aromatic rings. The lowest BCUT2D eigenvalue weighted by atomic mass is 10.2. The molecule has 0 saturated carbocycles. The Kier molecular flexibility index (Phi) is 4.56. The Morgan fingerprint density at radius 2 is 2.17 bits per heavy atom. The third-order valence-corrected chi connectivity index (χ3v) is 6.34. The van der Waals surface area contributed by atoms with Gasteiger partial charge >= 0.3 is 0 Å². The summed E-state index contributed by atoms with van der Waals surface area (Å²) in [6.45, 7) is 0.375. The highest BCUT2D eigenvalue weighted by molar-refractivity contribution is 7.92. The highest BCUT2D eigenvalue weighted by Gasteiger charge is 2.28. The van der Waals surface area contributed by atoms with Crippen LogP contribution >= 0.6 is 22.9 Å². The van der Waals surface area contributed by atoms with Crippen molar-refractivity contribution in [1.82, 2.24) is 4.98 Å². The normalized spacial score (nSPS) is 17.0. The van der Waals surface area contributed by atoms with E-state index in [2.05, 4.69) is 10.3 Å². The van der Waals surface area contributed by atoms with Gasteiger partial charge in [-0.25, -0.2) is 13.4 Å². The van der Waals surface area contributed by atoms with Gasteiger partial charge in [0.1, 0.15) is 0 Å². The number of hydrogen-bond acceptors (Lipinski definition) is 5. The van der Waals surface area contributed by atoms with Crippen LogP contribution in [0, 0.1) is 0 Å². The molecule has 1 N–H and O–H groups in total. The van der Waals surface area contributed by atoms with Crippen molar-refractivity contribution in [2.24, 2.45) is 0 Å². The predicted octanol–water partition coefficient (Wildman–Crippen LogP) is 2.98. The summed E-state index contributed by atoms with van der Waals surface area (Å²) in [6.07, 6.45) is 3.00. The van der Waals surface area contributed by atoms with E-state index in [1.54, 1.807) is 17.6 Å². The second-order valence-corrected chi connectivity index (χ2v) is 8.37. The van der Waals surface area contributed by atoms with Crippen LogP contribution in [0.2, 0.25) is 5.02 Å². The monoisotopic (exact) mass is 371 g/mol. The van der Waals surface area contributed by atoms with Crippen LogP contribution in [0.5, 0.6) is 0 Å². The smallest absolute Gasteiger partial charge is 0.257 e. The number of nitrogens with one attached hydrogen (secondary N) is 1. The fourth-order valence-electron chi connectivity index (χ4n) is 2.36. The van der Waals surface area contributed by atoms with E-state index in [0.717, 1.165) is 6.42 Å². The molecule has 0 atom stereocenters. The summed E-state index contributed by atoms with van der Waals surface area (Å²) in [4.78, 5) is 16.3. The molecule has 0 unspecified atom stereocenters. The number of nitrogens with zero attached hydrogens (tertiary/aromatic N) is 2. The first-order valence-corrected chi connectivity index (χ1v) is 9.85. The number of rotatable bonds is 3. The van der Waals surface area contributed by atoms with Crippen molar-refractivity contribution in [3.8, 4) is 0 Å². The maximum Gasteiger partial charge on any atom is 0.257 e. The van der Waals surface area contributed by atoms with Gasteiger partial charge in [0, 0.05) is 23.7 Å². The first-order valence-electron chi connectivity index (χ1n) is 6.98. The third kappa shape index (κ3) is 3.49. The molecule has 1 amide bonds. The van der Waals surface area contributed by atoms with Crippen molar-refractivity contribution in [3.05, 3.63) is 40.4 Å². The number of thiazole rings is 1. The molecule has 2 heterocycles. The average Bonchev–Trinajstić information content (AvgIpc) is 3.00. The number of hydrogen-bond donors (Lipinski definition) is 1. The van der Waals surface area contributed by atoms with Crippen LogP contribution in [0.15, 0.2) is 29.8 Å². The Morgan fingerprint density at radius 1 is 1.35 bits per heavy atom. The van der Waals surface area contributed by atoms with Crippen molar-refractivity contribution in [3.63, 3.8) is 0 Å². The lowest BCUT2D eigenvalue weighted by Crippen LogP contribution is -2.38. The molecule has 1 aliphatic rings. The topological polar surface area (TPSA) is 79.4 Å². The molecule has 3 rings (SSSR count). The van der Waals surface area contributed by atoms with Crippen molar-refractivity contribution in [2.45, 2.75) is 12.8 Å². The molecule has 6 nitrogen and oxygen atoms in total. The number of sulfonamides is 1. The second kappa shape index (κ2) is 6.46. The Balaban J connectivity index is 1.91. The molecule has 9 heteroatoms. The van der Waals surface area contributed by atoms with Gasteiger partial charge in [-0.3, -0.25) is 14.4 Å². The van der Waals surface area contributed by atoms with Crippen LogP contribution in [-0.2, 0) is 10.0 Å². The van der Waals surface area contributed by atoms with E-state index in [4.69, 9.17) is 11.6 Å². The summed E-state index contributed by atoms with van der Waals surface area (Å²) in [5.41, 5.74) is 0.679. The maximum atomic E-state index is 12.3. The van der Waals surface area contributed by atoms with Crippen molar-refractivity contribution in [2.75, 3.05) is 21.9 Å². The molecule has 0 radical (unpaired) electrons. The number of amides is 1. The quantitative estimate of drug-likeness (QED) is 0.899. The number of halogens is 1. The zero-order chi connectivity index (χ0) is 16.4. The molecule has 1 aromatic heterocycles. The first kappa shape index (κ1) is 16.2. The van der Waals surface area contributed by atoms with E-state index in [-0.39, 0.29) is 11.7 Å². The molecule has 23 heavy (non-hydrogen) atoms. The summed E-state index contributed by atoms with van der Waals surface area (Å²) in [5, 5.41) is 5.21. The molecule has 0 aliphatic carbocycles. The molecule has 122 valence electrons. The molecular weight excluding hydrogens is 358 g/mol. The lowest BCUT2D eigenvalue weighted by Gasteiger charge is -2.29. The fraction of sp³-hybridized carbons (Fsp3) is 0.286. The summed E-state index contributed by atoms with van der Waals surface area (Å²) >= 11 is 7.46. The highest BCUT2D eigenvalue weighted by atomic mass is 35.5. The summed E-state index contributed by atoms with van der Waals surface area (Å²) in [6, 6.07) is 4.61. The van der Waals surface area contributed by atoms with E-state index in [1.165, 1.54) is 27.8 Å². The Labute approximate surface area is 143 Å². The Hall–Kier alpha value is -1.64. The zero-order valence-corrected chi connectivity index (χ0v) is 14.4. The van der Waals surface area contributed by atoms with Gasteiger partial charge in [-0.1, -0.05) is 11.6 Å². The minimum atomic E-state index is -3.38. The number of anilines is 2. The molecule has 1 saturated heterocycles. The number of benzene rings is 1. The van der Waals surface area contributed by atoms with Crippen LogP contribution < -0.4 is 9.62 Å². The maximum absolute atomic E-state index is 12.3. The predicted molar refractivity (Wildman–Crippen MR) is 91.9 cm³/mol. The van der Waals surface area contributed by atoms with Crippen LogP contribution in [0.25, 0.3) is 0 Å². The van der Waals surface area contributed by atoms with Gasteiger partial charge < -0.3 is 0 Å². The third-order valence-electron chi connectivity index (χ3n) is 3.48. The van der Waals surface area contributed by atoms with Crippen LogP contribution in [-0.4, -0.2) is 31.6 Å². The van der Waals surface area contributed by atoms with Gasteiger partial charge in [0.2, 0.25) is 10.0 Å². The van der Waals surface area contributed by atoms with Gasteiger partial charge in [0.25, 0.3) is 5.91 Å². The van der Waals surface area contributed by atoms with Crippen molar-refractivity contribution in [1.29, 1.82) is 0 Å². The summed E-state index contributed by atoms with van der Waals surface area (Å²) in [7, 11) is -3.38. The van der Waals surface area contributed by atoms with Crippen LogP contribution in [0.4, 0.5) is 10.8 Å². The molecule has 0 bridgehead atoms. The Morgan fingerprint density at radius 3 is 2.87 bits per heavy atom. The van der Waals surface area contributed by atoms with E-state index in [0.29, 0.717) is 34.4 Å². The second-order valence-electron chi connectivity index (χ2n) is 5.05. The van der Waals surface area contributed by atoms with E-state index in [9.17, 15) is 13.2 Å². The summed E-state index contributed by atoms with van der Waals surface area (Å²) < 4.78 is 25.8. The van der Waals surface area contributed by atoms with E-state index < -0.39 is 10.0 Å². The van der Waals surface area contributed by atoms with E-state index in [1.807, 2.05) is 0 Å². The minimum absolute atomic E-state index is 0.0961. The largest absolute Gasteiger partial charge is 0.298 e. The zero-order valence-electron chi connectivity index (χ0n) is 12.0. The molecular formula is C14H14ClN3O3S2. The van der Waals surface area contributed by atoms with Crippen LogP contribution in [0.1, 0.15) is 23.2 Å². The standard InChI is InChI=1S/C14H14ClN3O3S2/c15-11-4-3-10(13(19)17-14-16-5-7-22-14)9-12(11)18-6-1-2-8-23(18,20)21/h3-5,7,9H,1-2,6,8H2,(H,16,17,19). The average molecular weight is 372 g/mol. The van der Waals surface area contributed by atoms with Crippen LogP contribution in [0.3, 0.4) is 0 Å². The number of carbonyl (C=O) groups excluding carboxylic acids is 1. The molecule has 1 aliphatic heterocycles. The van der Waals surface area contributed by atoms with Gasteiger partial charge in [0.15, 0.2) is 5.13 Å². The number of carbonyl (C=O) groups is 1. The molecule has 0 spiro atoms. The molecule has 1 aromatic carbocycles. The van der Waals surface area contributed by atoms with Gasteiger partial charge in [-0.2, -0.15) is 0 Å². The van der Waals surface area contributed by atoms with Gasteiger partial charge in [-0.05, 0) is 31.0 Å². The first-order chi connectivity index (χ1) is 11.0. The lowest BCUT2D eigenvalue weighted by molar-refractivity contribution is 0.102. The van der Waals surface area contributed by atoms with Gasteiger partial charge in [-0.15, -0.1) is 11.3 Å². The number of aromatic nitrogens is 1. The fourth-order valence-corrected chi connectivity index (χ4v) is 4.80. The van der Waals surface area contributed by atoms with Crippen molar-refractivity contribution >= 4 is 49.7 Å². The molecule has 1 fully saturated rings. The highest BCUT2D eigenvalue weighted by Crippen LogP contribution is 2.31. The minimum Gasteiger partial charge on any atom is -0.298 e. The van der Waals surface area contributed by atoms with E-state index >= 15 is 0 Å². The summed E-state index contributed by atoms with van der Waals surface area (Å²) in [5.74, 6) is -0.258.